The predicted octanol–water partition coefficient (Wildman–Crippen LogP) is -1.15. The van der Waals surface area contributed by atoms with Gasteiger partial charge in [-0.3, -0.25) is 13.6 Å². The van der Waals surface area contributed by atoms with Gasteiger partial charge in [-0.2, -0.15) is 0 Å². The highest BCUT2D eigenvalue weighted by atomic mass is 31.2. The molecule has 0 radical (unpaired) electrons. The molecule has 0 saturated heterocycles. The molecule has 35 heavy (non-hydrogen) atoms. The number of rotatable bonds is 12. The maximum absolute atomic E-state index is 11.7. The molecule has 1 aromatic carbocycles. The van der Waals surface area contributed by atoms with Gasteiger partial charge in [0.25, 0.3) is 0 Å². The van der Waals surface area contributed by atoms with Gasteiger partial charge in [0, 0.05) is 0 Å². The van der Waals surface area contributed by atoms with Crippen LogP contribution in [0.25, 0.3) is 0 Å². The third-order valence-corrected chi connectivity index (χ3v) is 5.98. The smallest absolute Gasteiger partial charge is 0.470 e. The average molecular weight is 568 g/mol. The fourth-order valence-corrected chi connectivity index (χ4v) is 4.97. The summed E-state index contributed by atoms with van der Waals surface area (Å²) in [5.41, 5.74) is 0.420. The number of carboxylic acid groups (broad SMARTS) is 1. The van der Waals surface area contributed by atoms with E-state index in [2.05, 4.69) is 13.6 Å². The van der Waals surface area contributed by atoms with E-state index in [0.29, 0.717) is 5.56 Å². The van der Waals surface area contributed by atoms with Crippen molar-refractivity contribution >= 4 is 29.4 Å². The summed E-state index contributed by atoms with van der Waals surface area (Å²) in [4.78, 5) is 66.9. The Bertz CT molecular complexity index is 986. The molecule has 0 heterocycles. The van der Waals surface area contributed by atoms with Crippen molar-refractivity contribution in [3.05, 3.63) is 35.9 Å². The number of carbonyl (C=O) groups is 1. The van der Waals surface area contributed by atoms with Crippen molar-refractivity contribution in [3.63, 3.8) is 0 Å². The molecule has 0 aromatic heterocycles. The number of phosphoric ester groups is 3. The van der Waals surface area contributed by atoms with E-state index in [1.54, 1.807) is 18.2 Å². The van der Waals surface area contributed by atoms with Crippen molar-refractivity contribution in [2.75, 3.05) is 6.61 Å². The first-order valence-corrected chi connectivity index (χ1v) is 13.9. The summed E-state index contributed by atoms with van der Waals surface area (Å²) in [7, 11) is -16.5. The first-order chi connectivity index (χ1) is 16.0. The molecule has 1 aromatic rings. The van der Waals surface area contributed by atoms with Crippen LogP contribution in [0.1, 0.15) is 5.56 Å². The van der Waals surface area contributed by atoms with Crippen LogP contribution in [0, 0.1) is 0 Å². The minimum atomic E-state index is -5.55. The van der Waals surface area contributed by atoms with Gasteiger partial charge in [-0.05, 0) is 5.56 Å². The monoisotopic (exact) mass is 568 g/mol. The Kier molecular flexibility index (Phi) is 10.3. The van der Waals surface area contributed by atoms with Crippen molar-refractivity contribution in [1.82, 2.24) is 0 Å². The van der Waals surface area contributed by atoms with Crippen molar-refractivity contribution in [1.29, 1.82) is 0 Å². The van der Waals surface area contributed by atoms with Crippen molar-refractivity contribution in [2.24, 2.45) is 0 Å². The second-order valence-electron chi connectivity index (χ2n) is 7.10. The molecule has 17 nitrogen and oxygen atoms in total. The van der Waals surface area contributed by atoms with Crippen molar-refractivity contribution < 1.29 is 81.1 Å². The second-order valence-corrected chi connectivity index (χ2v) is 10.7. The number of hydrogen-bond acceptors (Lipinski definition) is 10. The molecule has 0 unspecified atom stereocenters. The standard InChI is InChI=1S/C15H23O17P3/c16-9(17)7-29-11-10(18)12(30-33(19,20)21)13(28-6-8-4-2-1-3-5-8)15(32-35(25,26)27)14(11)31-34(22,23)24/h1-5,10-15,18H,6-7H2,(H,16,17)(H2,19,20,21)(H2,22,23,24)(H2,25,26,27)/t10-,11+,12-,13+,14-,15-/m1/s1. The Hall–Kier alpha value is -1.10. The van der Waals surface area contributed by atoms with Crippen LogP contribution in [0.15, 0.2) is 30.3 Å². The minimum absolute atomic E-state index is 0.420. The van der Waals surface area contributed by atoms with Crippen LogP contribution in [-0.2, 0) is 48.1 Å². The molecule has 20 heteroatoms. The molecule has 6 atom stereocenters. The lowest BCUT2D eigenvalue weighted by atomic mass is 9.84. The predicted molar refractivity (Wildman–Crippen MR) is 109 cm³/mol. The molecule has 0 aliphatic heterocycles. The summed E-state index contributed by atoms with van der Waals surface area (Å²) in [6.45, 7) is -1.66. The van der Waals surface area contributed by atoms with Gasteiger partial charge in [-0.25, -0.2) is 18.5 Å². The molecular weight excluding hydrogens is 545 g/mol. The molecule has 1 aliphatic rings. The quantitative estimate of drug-likeness (QED) is 0.138. The number of aliphatic hydroxyl groups excluding tert-OH is 1. The molecule has 0 bridgehead atoms. The number of phosphoric acid groups is 3. The minimum Gasteiger partial charge on any atom is -0.480 e. The molecule has 200 valence electrons. The fraction of sp³-hybridized carbons (Fsp3) is 0.533. The molecule has 0 spiro atoms. The van der Waals surface area contributed by atoms with E-state index in [-0.39, 0.29) is 0 Å². The van der Waals surface area contributed by atoms with Crippen LogP contribution in [0.3, 0.4) is 0 Å². The van der Waals surface area contributed by atoms with Crippen LogP contribution in [-0.4, -0.2) is 88.8 Å². The summed E-state index contributed by atoms with van der Waals surface area (Å²) in [5, 5.41) is 19.6. The number of ether oxygens (including phenoxy) is 2. The average Bonchev–Trinajstić information content (AvgIpc) is 2.68. The third kappa shape index (κ3) is 10.1. The first-order valence-electron chi connectivity index (χ1n) is 9.36. The highest BCUT2D eigenvalue weighted by molar-refractivity contribution is 7.46. The molecule has 2 rings (SSSR count). The van der Waals surface area contributed by atoms with E-state index in [4.69, 9.17) is 14.6 Å². The van der Waals surface area contributed by atoms with Gasteiger partial charge in [0.2, 0.25) is 0 Å². The number of hydrogen-bond donors (Lipinski definition) is 8. The van der Waals surface area contributed by atoms with Crippen LogP contribution >= 0.6 is 23.5 Å². The second kappa shape index (κ2) is 12.0. The summed E-state index contributed by atoms with van der Waals surface area (Å²) in [5.74, 6) is -1.64. The lowest BCUT2D eigenvalue weighted by Crippen LogP contribution is -2.66. The van der Waals surface area contributed by atoms with E-state index in [1.807, 2.05) is 0 Å². The van der Waals surface area contributed by atoms with E-state index in [1.165, 1.54) is 12.1 Å². The molecule has 1 fully saturated rings. The van der Waals surface area contributed by atoms with Gasteiger partial charge in [0.1, 0.15) is 43.2 Å². The van der Waals surface area contributed by atoms with E-state index in [0.717, 1.165) is 0 Å². The van der Waals surface area contributed by atoms with Gasteiger partial charge in [-0.15, -0.1) is 0 Å². The molecule has 8 N–H and O–H groups in total. The zero-order valence-electron chi connectivity index (χ0n) is 17.4. The molecule has 0 amide bonds. The summed E-state index contributed by atoms with van der Waals surface area (Å²) in [6.07, 6.45) is -13.4. The molecule has 1 saturated carbocycles. The SMILES string of the molecule is O=C(O)CO[C@H]1[C@@H](O)[C@@H](OP(=O)(O)O)[C@H](OCc2ccccc2)[C@@H](OP(=O)(O)O)[C@@H]1OP(=O)(O)O. The van der Waals surface area contributed by atoms with Gasteiger partial charge < -0.3 is 49.0 Å². The Labute approximate surface area is 196 Å². The fourth-order valence-electron chi connectivity index (χ4n) is 3.29. The number of benzene rings is 1. The van der Waals surface area contributed by atoms with Crippen LogP contribution in [0.5, 0.6) is 0 Å². The highest BCUT2D eigenvalue weighted by Gasteiger charge is 2.58. The zero-order valence-corrected chi connectivity index (χ0v) is 20.0. The van der Waals surface area contributed by atoms with Gasteiger partial charge in [0.15, 0.2) is 0 Å². The Morgan fingerprint density at radius 2 is 1.17 bits per heavy atom. The maximum atomic E-state index is 11.7. The molecular formula is C15H23O17P3. The maximum Gasteiger partial charge on any atom is 0.470 e. The van der Waals surface area contributed by atoms with Crippen LogP contribution < -0.4 is 0 Å². The largest absolute Gasteiger partial charge is 0.480 e. The number of carboxylic acids is 1. The normalized spacial score (nSPS) is 28.1. The lowest BCUT2D eigenvalue weighted by Gasteiger charge is -2.47. The highest BCUT2D eigenvalue weighted by Crippen LogP contribution is 2.50. The topological polar surface area (TPSA) is 276 Å². The van der Waals surface area contributed by atoms with Crippen molar-refractivity contribution in [3.8, 4) is 0 Å². The van der Waals surface area contributed by atoms with Crippen LogP contribution in [0.2, 0.25) is 0 Å². The number of aliphatic hydroxyl groups is 1. The van der Waals surface area contributed by atoms with Gasteiger partial charge in [0.05, 0.1) is 6.61 Å². The lowest BCUT2D eigenvalue weighted by molar-refractivity contribution is -0.238. The summed E-state index contributed by atoms with van der Waals surface area (Å²) >= 11 is 0. The van der Waals surface area contributed by atoms with E-state index >= 15 is 0 Å². The summed E-state index contributed by atoms with van der Waals surface area (Å²) < 4.78 is 58.7. The number of aliphatic carboxylic acids is 1. The third-order valence-electron chi connectivity index (χ3n) is 4.43. The van der Waals surface area contributed by atoms with Crippen LogP contribution in [0.4, 0.5) is 0 Å². The first kappa shape index (κ1) is 30.1. The Balaban J connectivity index is 2.58. The Morgan fingerprint density at radius 3 is 1.63 bits per heavy atom. The van der Waals surface area contributed by atoms with E-state index < -0.39 is 79.3 Å². The van der Waals surface area contributed by atoms with Crippen molar-refractivity contribution in [2.45, 2.75) is 43.2 Å². The summed E-state index contributed by atoms with van der Waals surface area (Å²) in [6, 6.07) is 7.86. The van der Waals surface area contributed by atoms with Gasteiger partial charge in [-0.1, -0.05) is 30.3 Å². The zero-order chi connectivity index (χ0) is 26.6. The Morgan fingerprint density at radius 1 is 0.714 bits per heavy atom. The van der Waals surface area contributed by atoms with E-state index in [9.17, 15) is 53.0 Å². The van der Waals surface area contributed by atoms with Gasteiger partial charge >= 0.3 is 29.4 Å². The molecule has 1 aliphatic carbocycles.